The summed E-state index contributed by atoms with van der Waals surface area (Å²) >= 11 is 1.22. The van der Waals surface area contributed by atoms with E-state index < -0.39 is 0 Å². The number of nitrogens with zero attached hydrogens (tertiary/aromatic N) is 4. The zero-order valence-electron chi connectivity index (χ0n) is 6.91. The van der Waals surface area contributed by atoms with Crippen molar-refractivity contribution in [3.05, 3.63) is 30.3 Å². The van der Waals surface area contributed by atoms with Crippen LogP contribution in [0.4, 0.5) is 0 Å². The molecule has 0 N–H and O–H groups in total. The average molecular weight is 204 g/mol. The molecular weight excluding hydrogens is 200 g/mol. The highest BCUT2D eigenvalue weighted by atomic mass is 32.2. The number of aromatic nitrogens is 3. The summed E-state index contributed by atoms with van der Waals surface area (Å²) in [6, 6.07) is 3.61. The minimum atomic E-state index is 0.467. The monoisotopic (exact) mass is 204 g/mol. The second kappa shape index (κ2) is 3.89. The van der Waals surface area contributed by atoms with E-state index in [0.29, 0.717) is 15.8 Å². The van der Waals surface area contributed by atoms with Gasteiger partial charge in [0.25, 0.3) is 5.22 Å². The molecule has 0 saturated carbocycles. The lowest BCUT2D eigenvalue weighted by Gasteiger charge is -1.93. The van der Waals surface area contributed by atoms with Gasteiger partial charge in [0.1, 0.15) is 17.4 Å². The number of hydrogen-bond acceptors (Lipinski definition) is 6. The van der Waals surface area contributed by atoms with Crippen molar-refractivity contribution in [1.82, 2.24) is 15.2 Å². The first kappa shape index (κ1) is 8.72. The maximum absolute atomic E-state index is 8.62. The first-order valence-electron chi connectivity index (χ1n) is 3.68. The summed E-state index contributed by atoms with van der Waals surface area (Å²) in [6.07, 6.45) is 4.42. The van der Waals surface area contributed by atoms with Crippen LogP contribution < -0.4 is 0 Å². The van der Waals surface area contributed by atoms with Gasteiger partial charge in [-0.25, -0.2) is 4.98 Å². The highest BCUT2D eigenvalue weighted by Gasteiger charge is 2.04. The van der Waals surface area contributed by atoms with Crippen molar-refractivity contribution < 1.29 is 4.42 Å². The highest BCUT2D eigenvalue weighted by Crippen LogP contribution is 2.23. The molecule has 0 amide bonds. The Morgan fingerprint density at radius 2 is 2.43 bits per heavy atom. The average Bonchev–Trinajstić information content (AvgIpc) is 2.71. The fourth-order valence-corrected chi connectivity index (χ4v) is 1.48. The molecule has 0 radical (unpaired) electrons. The molecule has 2 rings (SSSR count). The Morgan fingerprint density at radius 3 is 3.14 bits per heavy atom. The normalized spacial score (nSPS) is 9.64. The van der Waals surface area contributed by atoms with E-state index in [9.17, 15) is 0 Å². The summed E-state index contributed by atoms with van der Waals surface area (Å²) in [4.78, 5) is 3.91. The predicted octanol–water partition coefficient (Wildman–Crippen LogP) is 1.49. The summed E-state index contributed by atoms with van der Waals surface area (Å²) in [6.45, 7) is 0. The lowest BCUT2D eigenvalue weighted by atomic mass is 10.3. The summed E-state index contributed by atoms with van der Waals surface area (Å²) in [7, 11) is 0. The van der Waals surface area contributed by atoms with Crippen molar-refractivity contribution in [2.24, 2.45) is 0 Å². The third kappa shape index (κ3) is 1.89. The largest absolute Gasteiger partial charge is 0.440 e. The van der Waals surface area contributed by atoms with E-state index in [0.717, 1.165) is 0 Å². The van der Waals surface area contributed by atoms with Crippen LogP contribution in [0.3, 0.4) is 0 Å². The van der Waals surface area contributed by atoms with Gasteiger partial charge in [-0.05, 0) is 17.8 Å². The molecule has 14 heavy (non-hydrogen) atoms. The van der Waals surface area contributed by atoms with Crippen LogP contribution in [0.15, 0.2) is 39.4 Å². The van der Waals surface area contributed by atoms with Crippen LogP contribution in [-0.2, 0) is 0 Å². The van der Waals surface area contributed by atoms with E-state index in [1.807, 2.05) is 6.07 Å². The van der Waals surface area contributed by atoms with E-state index in [1.165, 1.54) is 24.2 Å². The Morgan fingerprint density at radius 1 is 1.50 bits per heavy atom. The number of hydrogen-bond donors (Lipinski definition) is 0. The molecule has 0 aliphatic heterocycles. The molecule has 6 heteroatoms. The molecule has 68 valence electrons. The first-order chi connectivity index (χ1) is 6.88. The standard InChI is InChI=1S/C8H4N4OS/c9-4-6-3-7(12-11-5-6)14-8-10-1-2-13-8/h1-3,5H. The van der Waals surface area contributed by atoms with Crippen LogP contribution in [0.25, 0.3) is 0 Å². The van der Waals surface area contributed by atoms with Crippen LogP contribution in [0, 0.1) is 11.3 Å². The Labute approximate surface area is 83.8 Å². The van der Waals surface area contributed by atoms with Crippen molar-refractivity contribution in [3.8, 4) is 6.07 Å². The van der Waals surface area contributed by atoms with E-state index in [-0.39, 0.29) is 0 Å². The Balaban J connectivity index is 2.22. The number of rotatable bonds is 2. The van der Waals surface area contributed by atoms with Crippen molar-refractivity contribution in [1.29, 1.82) is 5.26 Å². The van der Waals surface area contributed by atoms with Crippen LogP contribution in [0.1, 0.15) is 5.56 Å². The smallest absolute Gasteiger partial charge is 0.262 e. The third-order valence-electron chi connectivity index (χ3n) is 1.36. The van der Waals surface area contributed by atoms with Gasteiger partial charge in [-0.3, -0.25) is 0 Å². The molecule has 2 aromatic heterocycles. The molecule has 5 nitrogen and oxygen atoms in total. The molecule has 0 bridgehead atoms. The molecule has 0 aliphatic carbocycles. The van der Waals surface area contributed by atoms with E-state index >= 15 is 0 Å². The molecular formula is C8H4N4OS. The van der Waals surface area contributed by atoms with Gasteiger partial charge in [0.2, 0.25) is 0 Å². The lowest BCUT2D eigenvalue weighted by molar-refractivity contribution is 0.454. The molecule has 0 spiro atoms. The van der Waals surface area contributed by atoms with Gasteiger partial charge in [0, 0.05) is 0 Å². The first-order valence-corrected chi connectivity index (χ1v) is 4.50. The molecule has 0 atom stereocenters. The van der Waals surface area contributed by atoms with E-state index in [2.05, 4.69) is 15.2 Å². The fraction of sp³-hybridized carbons (Fsp3) is 0. The minimum absolute atomic E-state index is 0.467. The molecule has 0 fully saturated rings. The Bertz CT molecular complexity index is 462. The molecule has 0 saturated heterocycles. The quantitative estimate of drug-likeness (QED) is 0.737. The van der Waals surface area contributed by atoms with Crippen molar-refractivity contribution in [2.45, 2.75) is 10.2 Å². The number of oxazole rings is 1. The van der Waals surface area contributed by atoms with Gasteiger partial charge in [0.15, 0.2) is 0 Å². The maximum Gasteiger partial charge on any atom is 0.262 e. The zero-order chi connectivity index (χ0) is 9.80. The maximum atomic E-state index is 8.62. The van der Waals surface area contributed by atoms with Gasteiger partial charge in [-0.1, -0.05) is 0 Å². The zero-order valence-corrected chi connectivity index (χ0v) is 7.73. The Hall–Kier alpha value is -1.87. The van der Waals surface area contributed by atoms with Crippen LogP contribution in [0.2, 0.25) is 0 Å². The second-order valence-electron chi connectivity index (χ2n) is 2.29. The van der Waals surface area contributed by atoms with Crippen LogP contribution in [-0.4, -0.2) is 15.2 Å². The van der Waals surface area contributed by atoms with E-state index in [1.54, 1.807) is 12.3 Å². The minimum Gasteiger partial charge on any atom is -0.440 e. The topological polar surface area (TPSA) is 75.6 Å². The van der Waals surface area contributed by atoms with Crippen molar-refractivity contribution >= 4 is 11.8 Å². The van der Waals surface area contributed by atoms with Crippen LogP contribution >= 0.6 is 11.8 Å². The van der Waals surface area contributed by atoms with Crippen molar-refractivity contribution in [3.63, 3.8) is 0 Å². The molecule has 0 aliphatic rings. The number of nitriles is 1. The van der Waals surface area contributed by atoms with Gasteiger partial charge >= 0.3 is 0 Å². The second-order valence-corrected chi connectivity index (χ2v) is 3.27. The highest BCUT2D eigenvalue weighted by molar-refractivity contribution is 7.99. The van der Waals surface area contributed by atoms with Gasteiger partial charge < -0.3 is 4.42 Å². The molecule has 2 heterocycles. The molecule has 0 unspecified atom stereocenters. The summed E-state index contributed by atoms with van der Waals surface area (Å²) in [5.74, 6) is 0. The predicted molar refractivity (Wildman–Crippen MR) is 47.4 cm³/mol. The summed E-state index contributed by atoms with van der Waals surface area (Å²) in [5, 5.41) is 17.2. The third-order valence-corrected chi connectivity index (χ3v) is 2.15. The van der Waals surface area contributed by atoms with Crippen molar-refractivity contribution in [2.75, 3.05) is 0 Å². The van der Waals surface area contributed by atoms with E-state index in [4.69, 9.17) is 9.68 Å². The molecule has 2 aromatic rings. The van der Waals surface area contributed by atoms with Gasteiger partial charge in [-0.2, -0.15) is 10.4 Å². The van der Waals surface area contributed by atoms with Gasteiger partial charge in [-0.15, -0.1) is 5.10 Å². The summed E-state index contributed by atoms with van der Waals surface area (Å²) in [5.41, 5.74) is 0.467. The van der Waals surface area contributed by atoms with Crippen LogP contribution in [0.5, 0.6) is 0 Å². The van der Waals surface area contributed by atoms with Gasteiger partial charge in [0.05, 0.1) is 18.0 Å². The fourth-order valence-electron chi connectivity index (χ4n) is 0.808. The SMILES string of the molecule is N#Cc1cnnc(Sc2ncco2)c1. The Kier molecular flexibility index (Phi) is 2.42. The lowest BCUT2D eigenvalue weighted by Crippen LogP contribution is -1.86. The summed E-state index contributed by atoms with van der Waals surface area (Å²) < 4.78 is 5.01. The molecule has 0 aromatic carbocycles.